The SMILES string of the molecule is CCCc1cc(O)c(O)cc1-c1cccc(F)c1. The fraction of sp³-hybridized carbons (Fsp3) is 0.200. The van der Waals surface area contributed by atoms with Crippen LogP contribution in [0, 0.1) is 5.82 Å². The monoisotopic (exact) mass is 246 g/mol. The Kier molecular flexibility index (Phi) is 3.51. The number of rotatable bonds is 3. The molecular formula is C15H15FO2. The number of phenolic OH excluding ortho intramolecular Hbond substituents is 2. The summed E-state index contributed by atoms with van der Waals surface area (Å²) < 4.78 is 13.2. The van der Waals surface area contributed by atoms with Gasteiger partial charge in [-0.25, -0.2) is 4.39 Å². The third-order valence-corrected chi connectivity index (χ3v) is 2.86. The molecule has 2 aromatic carbocycles. The molecule has 0 spiro atoms. The van der Waals surface area contributed by atoms with E-state index < -0.39 is 0 Å². The van der Waals surface area contributed by atoms with Crippen molar-refractivity contribution in [3.8, 4) is 22.6 Å². The van der Waals surface area contributed by atoms with Gasteiger partial charge in [0, 0.05) is 0 Å². The number of hydrogen-bond acceptors (Lipinski definition) is 2. The molecule has 0 aromatic heterocycles. The molecule has 0 radical (unpaired) electrons. The highest BCUT2D eigenvalue weighted by atomic mass is 19.1. The van der Waals surface area contributed by atoms with Gasteiger partial charge in [0.05, 0.1) is 0 Å². The van der Waals surface area contributed by atoms with Gasteiger partial charge in [0.15, 0.2) is 11.5 Å². The normalized spacial score (nSPS) is 10.6. The van der Waals surface area contributed by atoms with E-state index in [2.05, 4.69) is 0 Å². The average Bonchev–Trinajstić information content (AvgIpc) is 2.34. The van der Waals surface area contributed by atoms with Crippen LogP contribution in [0.25, 0.3) is 11.1 Å². The number of aromatic hydroxyl groups is 2. The summed E-state index contributed by atoms with van der Waals surface area (Å²) in [5.41, 5.74) is 2.36. The van der Waals surface area contributed by atoms with Gasteiger partial charge in [-0.3, -0.25) is 0 Å². The van der Waals surface area contributed by atoms with Gasteiger partial charge in [0.1, 0.15) is 5.82 Å². The van der Waals surface area contributed by atoms with E-state index in [1.54, 1.807) is 18.2 Å². The van der Waals surface area contributed by atoms with E-state index in [9.17, 15) is 14.6 Å². The molecule has 0 bridgehead atoms. The molecule has 2 aromatic rings. The molecule has 0 unspecified atom stereocenters. The molecule has 0 fully saturated rings. The second kappa shape index (κ2) is 5.08. The Morgan fingerprint density at radius 1 is 1.06 bits per heavy atom. The summed E-state index contributed by atoms with van der Waals surface area (Å²) in [7, 11) is 0. The minimum atomic E-state index is -0.317. The Morgan fingerprint density at radius 2 is 1.78 bits per heavy atom. The zero-order chi connectivity index (χ0) is 13.1. The standard InChI is InChI=1S/C15H15FO2/c1-2-4-10-8-14(17)15(18)9-13(10)11-5-3-6-12(16)7-11/h3,5-9,17-18H,2,4H2,1H3. The molecule has 0 saturated carbocycles. The molecule has 2 nitrogen and oxygen atoms in total. The smallest absolute Gasteiger partial charge is 0.158 e. The van der Waals surface area contributed by atoms with Gasteiger partial charge in [0.2, 0.25) is 0 Å². The minimum Gasteiger partial charge on any atom is -0.504 e. The van der Waals surface area contributed by atoms with Crippen LogP contribution in [0.2, 0.25) is 0 Å². The van der Waals surface area contributed by atoms with Crippen molar-refractivity contribution in [2.75, 3.05) is 0 Å². The van der Waals surface area contributed by atoms with Crippen LogP contribution in [-0.2, 0) is 6.42 Å². The number of aryl methyl sites for hydroxylation is 1. The van der Waals surface area contributed by atoms with E-state index in [0.29, 0.717) is 5.56 Å². The molecule has 2 rings (SSSR count). The highest BCUT2D eigenvalue weighted by Gasteiger charge is 2.10. The molecule has 0 atom stereocenters. The fourth-order valence-corrected chi connectivity index (χ4v) is 2.02. The lowest BCUT2D eigenvalue weighted by Gasteiger charge is -2.11. The van der Waals surface area contributed by atoms with Crippen LogP contribution in [-0.4, -0.2) is 10.2 Å². The van der Waals surface area contributed by atoms with Crippen molar-refractivity contribution in [1.29, 1.82) is 0 Å². The van der Waals surface area contributed by atoms with E-state index in [1.165, 1.54) is 18.2 Å². The predicted molar refractivity (Wildman–Crippen MR) is 69.2 cm³/mol. The Bertz CT molecular complexity index is 564. The topological polar surface area (TPSA) is 40.5 Å². The Balaban J connectivity index is 2.58. The first kappa shape index (κ1) is 12.4. The molecule has 0 saturated heterocycles. The van der Waals surface area contributed by atoms with Crippen LogP contribution in [0.5, 0.6) is 11.5 Å². The predicted octanol–water partition coefficient (Wildman–Crippen LogP) is 3.86. The zero-order valence-corrected chi connectivity index (χ0v) is 10.2. The van der Waals surface area contributed by atoms with Crippen LogP contribution in [0.3, 0.4) is 0 Å². The van der Waals surface area contributed by atoms with E-state index in [4.69, 9.17) is 0 Å². The van der Waals surface area contributed by atoms with Crippen molar-refractivity contribution < 1.29 is 14.6 Å². The first-order valence-electron chi connectivity index (χ1n) is 5.92. The maximum absolute atomic E-state index is 13.2. The summed E-state index contributed by atoms with van der Waals surface area (Å²) in [5, 5.41) is 19.1. The molecule has 0 heterocycles. The van der Waals surface area contributed by atoms with E-state index in [0.717, 1.165) is 24.0 Å². The summed E-state index contributed by atoms with van der Waals surface area (Å²) in [6.45, 7) is 2.03. The van der Waals surface area contributed by atoms with Crippen molar-refractivity contribution in [3.05, 3.63) is 47.8 Å². The van der Waals surface area contributed by atoms with Crippen molar-refractivity contribution in [1.82, 2.24) is 0 Å². The van der Waals surface area contributed by atoms with Crippen LogP contribution >= 0.6 is 0 Å². The third-order valence-electron chi connectivity index (χ3n) is 2.86. The van der Waals surface area contributed by atoms with Gasteiger partial charge in [-0.1, -0.05) is 25.5 Å². The van der Waals surface area contributed by atoms with Crippen LogP contribution < -0.4 is 0 Å². The van der Waals surface area contributed by atoms with E-state index >= 15 is 0 Å². The lowest BCUT2D eigenvalue weighted by atomic mass is 9.96. The Labute approximate surface area is 105 Å². The second-order valence-electron chi connectivity index (χ2n) is 4.26. The van der Waals surface area contributed by atoms with Gasteiger partial charge in [0.25, 0.3) is 0 Å². The van der Waals surface area contributed by atoms with Gasteiger partial charge in [-0.05, 0) is 47.4 Å². The van der Waals surface area contributed by atoms with E-state index in [1.807, 2.05) is 6.92 Å². The number of hydrogen-bond donors (Lipinski definition) is 2. The summed E-state index contributed by atoms with van der Waals surface area (Å²) in [6, 6.07) is 9.24. The average molecular weight is 246 g/mol. The molecule has 94 valence electrons. The van der Waals surface area contributed by atoms with Gasteiger partial charge < -0.3 is 10.2 Å². The van der Waals surface area contributed by atoms with Gasteiger partial charge in [-0.2, -0.15) is 0 Å². The van der Waals surface area contributed by atoms with Crippen LogP contribution in [0.4, 0.5) is 4.39 Å². The molecule has 0 aliphatic heterocycles. The van der Waals surface area contributed by atoms with Crippen molar-refractivity contribution in [2.24, 2.45) is 0 Å². The highest BCUT2D eigenvalue weighted by Crippen LogP contribution is 2.35. The summed E-state index contributed by atoms with van der Waals surface area (Å²) in [6.07, 6.45) is 1.67. The van der Waals surface area contributed by atoms with Crippen molar-refractivity contribution in [3.63, 3.8) is 0 Å². The zero-order valence-electron chi connectivity index (χ0n) is 10.2. The fourth-order valence-electron chi connectivity index (χ4n) is 2.02. The molecule has 2 N–H and O–H groups in total. The number of halogens is 1. The molecule has 0 aliphatic carbocycles. The third kappa shape index (κ3) is 2.45. The highest BCUT2D eigenvalue weighted by molar-refractivity contribution is 5.71. The maximum atomic E-state index is 13.2. The van der Waals surface area contributed by atoms with Crippen LogP contribution in [0.15, 0.2) is 36.4 Å². The number of phenols is 2. The lowest BCUT2D eigenvalue weighted by Crippen LogP contribution is -1.90. The van der Waals surface area contributed by atoms with Gasteiger partial charge in [-0.15, -0.1) is 0 Å². The van der Waals surface area contributed by atoms with Gasteiger partial charge >= 0.3 is 0 Å². The van der Waals surface area contributed by atoms with E-state index in [-0.39, 0.29) is 17.3 Å². The largest absolute Gasteiger partial charge is 0.504 e. The summed E-state index contributed by atoms with van der Waals surface area (Å²) >= 11 is 0. The summed E-state index contributed by atoms with van der Waals surface area (Å²) in [5.74, 6) is -0.643. The Morgan fingerprint density at radius 3 is 2.44 bits per heavy atom. The van der Waals surface area contributed by atoms with Crippen molar-refractivity contribution in [2.45, 2.75) is 19.8 Å². The number of benzene rings is 2. The lowest BCUT2D eigenvalue weighted by molar-refractivity contribution is 0.403. The maximum Gasteiger partial charge on any atom is 0.158 e. The quantitative estimate of drug-likeness (QED) is 0.807. The second-order valence-corrected chi connectivity index (χ2v) is 4.26. The van der Waals surface area contributed by atoms with Crippen LogP contribution in [0.1, 0.15) is 18.9 Å². The molecule has 0 amide bonds. The molecule has 18 heavy (non-hydrogen) atoms. The molecule has 3 heteroatoms. The minimum absolute atomic E-state index is 0.140. The first-order valence-corrected chi connectivity index (χ1v) is 5.92. The molecular weight excluding hydrogens is 231 g/mol. The molecule has 0 aliphatic rings. The summed E-state index contributed by atoms with van der Waals surface area (Å²) in [4.78, 5) is 0. The Hall–Kier alpha value is -2.03. The first-order chi connectivity index (χ1) is 8.61. The van der Waals surface area contributed by atoms with Crippen molar-refractivity contribution >= 4 is 0 Å².